The molecule has 0 bridgehead atoms. The maximum absolute atomic E-state index is 12.6. The first-order valence-electron chi connectivity index (χ1n) is 9.58. The van der Waals surface area contributed by atoms with E-state index in [1.165, 1.54) is 15.6 Å². The second kappa shape index (κ2) is 8.68. The Kier molecular flexibility index (Phi) is 6.30. The number of carbonyl (C=O) groups is 1. The lowest BCUT2D eigenvalue weighted by Gasteiger charge is -2.30. The summed E-state index contributed by atoms with van der Waals surface area (Å²) in [4.78, 5) is 15.0. The Morgan fingerprint density at radius 3 is 2.52 bits per heavy atom. The molecular formula is C23H28N2OS. The molecule has 1 aromatic heterocycles. The fourth-order valence-electron chi connectivity index (χ4n) is 3.54. The summed E-state index contributed by atoms with van der Waals surface area (Å²) in [6.45, 7) is 10.3. The van der Waals surface area contributed by atoms with E-state index in [0.717, 1.165) is 12.1 Å². The number of carbonyl (C=O) groups excluding carboxylic acids is 1. The van der Waals surface area contributed by atoms with Gasteiger partial charge in [-0.2, -0.15) is 0 Å². The van der Waals surface area contributed by atoms with Gasteiger partial charge in [0, 0.05) is 46.4 Å². The lowest BCUT2D eigenvalue weighted by molar-refractivity contribution is 0.0939. The molecule has 0 spiro atoms. The Balaban J connectivity index is 1.71. The lowest BCUT2D eigenvalue weighted by Crippen LogP contribution is -2.42. The van der Waals surface area contributed by atoms with Crippen molar-refractivity contribution in [1.82, 2.24) is 10.2 Å². The van der Waals surface area contributed by atoms with Crippen LogP contribution in [-0.2, 0) is 0 Å². The molecule has 0 unspecified atom stereocenters. The van der Waals surface area contributed by atoms with Gasteiger partial charge < -0.3 is 5.32 Å². The number of amides is 1. The van der Waals surface area contributed by atoms with E-state index in [4.69, 9.17) is 0 Å². The van der Waals surface area contributed by atoms with Crippen molar-refractivity contribution in [2.75, 3.05) is 13.1 Å². The average Bonchev–Trinajstić information content (AvgIpc) is 3.08. The Morgan fingerprint density at radius 2 is 1.78 bits per heavy atom. The van der Waals surface area contributed by atoms with Crippen LogP contribution in [0.25, 0.3) is 21.2 Å². The highest BCUT2D eigenvalue weighted by molar-refractivity contribution is 7.17. The van der Waals surface area contributed by atoms with Crippen LogP contribution in [0, 0.1) is 0 Å². The third-order valence-corrected chi connectivity index (χ3v) is 5.86. The van der Waals surface area contributed by atoms with Crippen molar-refractivity contribution >= 4 is 27.3 Å². The highest BCUT2D eigenvalue weighted by atomic mass is 32.1. The first-order valence-corrected chi connectivity index (χ1v) is 10.5. The maximum Gasteiger partial charge on any atom is 0.251 e. The summed E-state index contributed by atoms with van der Waals surface area (Å²) in [7, 11) is 0. The van der Waals surface area contributed by atoms with E-state index in [1.54, 1.807) is 11.3 Å². The molecule has 0 aliphatic heterocycles. The third-order valence-electron chi connectivity index (χ3n) is 4.90. The molecule has 0 radical (unpaired) electrons. The van der Waals surface area contributed by atoms with Gasteiger partial charge in [-0.05, 0) is 56.8 Å². The first kappa shape index (κ1) is 19.6. The van der Waals surface area contributed by atoms with Crippen LogP contribution in [0.5, 0.6) is 0 Å². The van der Waals surface area contributed by atoms with Crippen molar-refractivity contribution in [3.63, 3.8) is 0 Å². The van der Waals surface area contributed by atoms with E-state index in [-0.39, 0.29) is 5.91 Å². The summed E-state index contributed by atoms with van der Waals surface area (Å²) < 4.78 is 1.27. The minimum absolute atomic E-state index is 0.0103. The fourth-order valence-corrected chi connectivity index (χ4v) is 4.51. The molecule has 0 saturated heterocycles. The fraction of sp³-hybridized carbons (Fsp3) is 0.348. The van der Waals surface area contributed by atoms with Crippen LogP contribution >= 0.6 is 11.3 Å². The summed E-state index contributed by atoms with van der Waals surface area (Å²) in [5, 5.41) is 6.48. The first-order chi connectivity index (χ1) is 13.0. The summed E-state index contributed by atoms with van der Waals surface area (Å²) in [6, 6.07) is 17.2. The van der Waals surface area contributed by atoms with E-state index in [0.29, 0.717) is 24.2 Å². The highest BCUT2D eigenvalue weighted by Crippen LogP contribution is 2.34. The number of benzene rings is 2. The normalized spacial score (nSPS) is 11.7. The largest absolute Gasteiger partial charge is 0.351 e. The standard InChI is InChI=1S/C23H28N2OS/c1-16(2)25(17(3)4)13-12-24-23(26)19-9-7-8-18(14-19)21-15-27-22-11-6-5-10-20(21)22/h5-11,14-17H,12-13H2,1-4H3,(H,24,26). The second-order valence-electron chi connectivity index (χ2n) is 7.41. The molecule has 3 nitrogen and oxygen atoms in total. The summed E-state index contributed by atoms with van der Waals surface area (Å²) in [6.07, 6.45) is 0. The summed E-state index contributed by atoms with van der Waals surface area (Å²) in [5.41, 5.74) is 2.99. The van der Waals surface area contributed by atoms with Crippen LogP contribution in [0.1, 0.15) is 38.1 Å². The summed E-state index contributed by atoms with van der Waals surface area (Å²) >= 11 is 1.74. The van der Waals surface area contributed by atoms with Crippen LogP contribution in [-0.4, -0.2) is 36.0 Å². The average molecular weight is 381 g/mol. The van der Waals surface area contributed by atoms with Gasteiger partial charge >= 0.3 is 0 Å². The van der Waals surface area contributed by atoms with E-state index in [1.807, 2.05) is 18.2 Å². The van der Waals surface area contributed by atoms with Crippen LogP contribution in [0.3, 0.4) is 0 Å². The number of thiophene rings is 1. The Hall–Kier alpha value is -2.17. The maximum atomic E-state index is 12.6. The smallest absolute Gasteiger partial charge is 0.251 e. The number of hydrogen-bond acceptors (Lipinski definition) is 3. The Labute approximate surface area is 166 Å². The van der Waals surface area contributed by atoms with Gasteiger partial charge in [0.25, 0.3) is 5.91 Å². The van der Waals surface area contributed by atoms with Gasteiger partial charge in [0.1, 0.15) is 0 Å². The van der Waals surface area contributed by atoms with Gasteiger partial charge in [0.15, 0.2) is 0 Å². The minimum Gasteiger partial charge on any atom is -0.351 e. The van der Waals surface area contributed by atoms with Crippen LogP contribution in [0.4, 0.5) is 0 Å². The molecule has 0 atom stereocenters. The van der Waals surface area contributed by atoms with Crippen molar-refractivity contribution in [1.29, 1.82) is 0 Å². The van der Waals surface area contributed by atoms with Crippen molar-refractivity contribution in [3.05, 3.63) is 59.5 Å². The number of rotatable bonds is 7. The van der Waals surface area contributed by atoms with Crippen LogP contribution in [0.2, 0.25) is 0 Å². The molecule has 3 aromatic rings. The van der Waals surface area contributed by atoms with Crippen LogP contribution in [0.15, 0.2) is 53.9 Å². The molecule has 1 amide bonds. The quantitative estimate of drug-likeness (QED) is 0.594. The topological polar surface area (TPSA) is 32.3 Å². The van der Waals surface area contributed by atoms with Crippen molar-refractivity contribution in [3.8, 4) is 11.1 Å². The van der Waals surface area contributed by atoms with Gasteiger partial charge in [0.2, 0.25) is 0 Å². The Bertz CT molecular complexity index is 905. The second-order valence-corrected chi connectivity index (χ2v) is 8.32. The summed E-state index contributed by atoms with van der Waals surface area (Å²) in [5.74, 6) is -0.0103. The number of nitrogens with one attached hydrogen (secondary N) is 1. The van der Waals surface area contributed by atoms with E-state index in [9.17, 15) is 4.79 Å². The molecule has 2 aromatic carbocycles. The van der Waals surface area contributed by atoms with Crippen molar-refractivity contribution in [2.24, 2.45) is 0 Å². The molecule has 142 valence electrons. The highest BCUT2D eigenvalue weighted by Gasteiger charge is 2.14. The van der Waals surface area contributed by atoms with Gasteiger partial charge in [-0.25, -0.2) is 0 Å². The molecule has 1 N–H and O–H groups in total. The molecule has 3 rings (SSSR count). The lowest BCUT2D eigenvalue weighted by atomic mass is 10.0. The van der Waals surface area contributed by atoms with E-state index in [2.05, 4.69) is 73.6 Å². The molecule has 0 fully saturated rings. The zero-order valence-corrected chi connectivity index (χ0v) is 17.3. The molecule has 1 heterocycles. The van der Waals surface area contributed by atoms with Gasteiger partial charge in [-0.1, -0.05) is 30.3 Å². The molecule has 0 saturated carbocycles. The molecule has 0 aliphatic carbocycles. The van der Waals surface area contributed by atoms with Gasteiger partial charge in [0.05, 0.1) is 0 Å². The molecule has 0 aliphatic rings. The van der Waals surface area contributed by atoms with Gasteiger partial charge in [-0.15, -0.1) is 11.3 Å². The van der Waals surface area contributed by atoms with Gasteiger partial charge in [-0.3, -0.25) is 9.69 Å². The SMILES string of the molecule is CC(C)N(CCNC(=O)c1cccc(-c2csc3ccccc23)c1)C(C)C. The number of fused-ring (bicyclic) bond motifs is 1. The zero-order valence-electron chi connectivity index (χ0n) is 16.5. The molecule has 27 heavy (non-hydrogen) atoms. The monoisotopic (exact) mass is 380 g/mol. The van der Waals surface area contributed by atoms with Crippen molar-refractivity contribution < 1.29 is 4.79 Å². The minimum atomic E-state index is -0.0103. The molecular weight excluding hydrogens is 352 g/mol. The van der Waals surface area contributed by atoms with Crippen LogP contribution < -0.4 is 5.32 Å². The predicted octanol–water partition coefficient (Wildman–Crippen LogP) is 5.42. The number of nitrogens with zero attached hydrogens (tertiary/aromatic N) is 1. The predicted molar refractivity (Wildman–Crippen MR) is 117 cm³/mol. The molecule has 4 heteroatoms. The van der Waals surface area contributed by atoms with E-state index >= 15 is 0 Å². The van der Waals surface area contributed by atoms with E-state index < -0.39 is 0 Å². The number of hydrogen-bond donors (Lipinski definition) is 1. The third kappa shape index (κ3) is 4.57. The van der Waals surface area contributed by atoms with Crippen molar-refractivity contribution in [2.45, 2.75) is 39.8 Å². The Morgan fingerprint density at radius 1 is 1.04 bits per heavy atom. The zero-order chi connectivity index (χ0) is 19.4.